The second-order valence-corrected chi connectivity index (χ2v) is 3.95. The number of ether oxygens (including phenoxy) is 1. The Hall–Kier alpha value is -1.51. The molecular weight excluding hydrogens is 190 g/mol. The van der Waals surface area contributed by atoms with Gasteiger partial charge in [0.2, 0.25) is 5.91 Å². The Bertz CT molecular complexity index is 376. The fraction of sp³-hybridized carbons (Fsp3) is 0.417. The van der Waals surface area contributed by atoms with Gasteiger partial charge in [-0.2, -0.15) is 0 Å². The summed E-state index contributed by atoms with van der Waals surface area (Å²) in [6.07, 6.45) is 0.615. The molecular formula is C12H15NO2. The Morgan fingerprint density at radius 1 is 1.47 bits per heavy atom. The van der Waals surface area contributed by atoms with Crippen LogP contribution in [0.4, 0.5) is 0 Å². The summed E-state index contributed by atoms with van der Waals surface area (Å²) in [6.45, 7) is 0.812. The first kappa shape index (κ1) is 10.0. The van der Waals surface area contributed by atoms with E-state index in [0.29, 0.717) is 12.3 Å². The van der Waals surface area contributed by atoms with E-state index in [2.05, 4.69) is 6.07 Å². The highest BCUT2D eigenvalue weighted by Gasteiger charge is 2.27. The Balaban J connectivity index is 2.19. The Morgan fingerprint density at radius 3 is 2.87 bits per heavy atom. The van der Waals surface area contributed by atoms with Crippen molar-refractivity contribution in [2.24, 2.45) is 0 Å². The summed E-state index contributed by atoms with van der Waals surface area (Å²) in [7, 11) is 3.51. The summed E-state index contributed by atoms with van der Waals surface area (Å²) in [5, 5.41) is 0. The van der Waals surface area contributed by atoms with Crippen LogP contribution in [0.15, 0.2) is 24.3 Å². The number of benzene rings is 1. The van der Waals surface area contributed by atoms with Gasteiger partial charge in [-0.1, -0.05) is 12.1 Å². The molecule has 3 heteroatoms. The van der Waals surface area contributed by atoms with Gasteiger partial charge in [0.25, 0.3) is 0 Å². The Morgan fingerprint density at radius 2 is 2.27 bits per heavy atom. The molecule has 0 radical (unpaired) electrons. The van der Waals surface area contributed by atoms with Crippen molar-refractivity contribution >= 4 is 5.91 Å². The van der Waals surface area contributed by atoms with Gasteiger partial charge in [-0.3, -0.25) is 4.79 Å². The second kappa shape index (κ2) is 3.93. The smallest absolute Gasteiger partial charge is 0.223 e. The van der Waals surface area contributed by atoms with Crippen molar-refractivity contribution in [2.75, 3.05) is 20.7 Å². The molecule has 0 aromatic heterocycles. The molecule has 1 aromatic carbocycles. The molecule has 1 aliphatic rings. The molecule has 1 amide bonds. The van der Waals surface area contributed by atoms with Crippen molar-refractivity contribution in [3.8, 4) is 5.75 Å². The van der Waals surface area contributed by atoms with Gasteiger partial charge in [-0.05, 0) is 17.7 Å². The highest BCUT2D eigenvalue weighted by atomic mass is 16.5. The molecule has 1 aliphatic heterocycles. The molecule has 2 rings (SSSR count). The van der Waals surface area contributed by atoms with E-state index >= 15 is 0 Å². The molecule has 0 saturated carbocycles. The summed E-state index contributed by atoms with van der Waals surface area (Å²) in [5.41, 5.74) is 1.19. The van der Waals surface area contributed by atoms with Gasteiger partial charge in [0, 0.05) is 25.9 Å². The lowest BCUT2D eigenvalue weighted by Crippen LogP contribution is -2.18. The van der Waals surface area contributed by atoms with E-state index in [1.165, 1.54) is 5.56 Å². The number of methoxy groups -OCH3 is 1. The maximum atomic E-state index is 11.4. The lowest BCUT2D eigenvalue weighted by atomic mass is 9.98. The van der Waals surface area contributed by atoms with Crippen molar-refractivity contribution in [1.29, 1.82) is 0 Å². The predicted molar refractivity (Wildman–Crippen MR) is 58.0 cm³/mol. The van der Waals surface area contributed by atoms with Gasteiger partial charge in [0.05, 0.1) is 7.11 Å². The largest absolute Gasteiger partial charge is 0.497 e. The molecule has 1 heterocycles. The van der Waals surface area contributed by atoms with Crippen LogP contribution in [0.5, 0.6) is 5.75 Å². The van der Waals surface area contributed by atoms with Gasteiger partial charge in [0.1, 0.15) is 5.75 Å². The van der Waals surface area contributed by atoms with Crippen molar-refractivity contribution in [1.82, 2.24) is 4.90 Å². The van der Waals surface area contributed by atoms with E-state index in [4.69, 9.17) is 4.74 Å². The Kier molecular flexibility index (Phi) is 2.62. The standard InChI is InChI=1S/C12H15NO2/c1-13-8-10(7-12(13)14)9-4-3-5-11(6-9)15-2/h3-6,10H,7-8H2,1-2H3. The third-order valence-electron chi connectivity index (χ3n) is 2.91. The third kappa shape index (κ3) is 1.96. The number of amides is 1. The van der Waals surface area contributed by atoms with Crippen LogP contribution >= 0.6 is 0 Å². The van der Waals surface area contributed by atoms with Crippen molar-refractivity contribution in [3.63, 3.8) is 0 Å². The number of carbonyl (C=O) groups excluding carboxylic acids is 1. The van der Waals surface area contributed by atoms with Crippen LogP contribution in [0.3, 0.4) is 0 Å². The molecule has 0 bridgehead atoms. The van der Waals surface area contributed by atoms with Crippen LogP contribution in [0.2, 0.25) is 0 Å². The summed E-state index contributed by atoms with van der Waals surface area (Å²) in [6, 6.07) is 7.96. The summed E-state index contributed by atoms with van der Waals surface area (Å²) in [4.78, 5) is 13.2. The Labute approximate surface area is 89.7 Å². The van der Waals surface area contributed by atoms with Crippen LogP contribution in [0, 0.1) is 0 Å². The van der Waals surface area contributed by atoms with Gasteiger partial charge in [0.15, 0.2) is 0 Å². The highest BCUT2D eigenvalue weighted by Crippen LogP contribution is 2.29. The molecule has 1 atom stereocenters. The van der Waals surface area contributed by atoms with Gasteiger partial charge < -0.3 is 9.64 Å². The van der Waals surface area contributed by atoms with Crippen molar-refractivity contribution in [2.45, 2.75) is 12.3 Å². The zero-order valence-corrected chi connectivity index (χ0v) is 9.06. The van der Waals surface area contributed by atoms with Crippen molar-refractivity contribution in [3.05, 3.63) is 29.8 Å². The first-order valence-electron chi connectivity index (χ1n) is 5.08. The summed E-state index contributed by atoms with van der Waals surface area (Å²) < 4.78 is 5.17. The average molecular weight is 205 g/mol. The molecule has 0 N–H and O–H groups in total. The van der Waals surface area contributed by atoms with Crippen LogP contribution in [0.1, 0.15) is 17.9 Å². The fourth-order valence-corrected chi connectivity index (χ4v) is 1.98. The molecule has 15 heavy (non-hydrogen) atoms. The average Bonchev–Trinajstić information content (AvgIpc) is 2.59. The molecule has 1 fully saturated rings. The van der Waals surface area contributed by atoms with E-state index in [9.17, 15) is 4.79 Å². The van der Waals surface area contributed by atoms with E-state index in [1.54, 1.807) is 12.0 Å². The van der Waals surface area contributed by atoms with Crippen LogP contribution in [-0.4, -0.2) is 31.5 Å². The topological polar surface area (TPSA) is 29.5 Å². The number of carbonyl (C=O) groups is 1. The van der Waals surface area contributed by atoms with Crippen LogP contribution in [0.25, 0.3) is 0 Å². The summed E-state index contributed by atoms with van der Waals surface area (Å²) >= 11 is 0. The maximum absolute atomic E-state index is 11.4. The van der Waals surface area contributed by atoms with Gasteiger partial charge in [-0.25, -0.2) is 0 Å². The minimum Gasteiger partial charge on any atom is -0.497 e. The molecule has 80 valence electrons. The zero-order valence-electron chi connectivity index (χ0n) is 9.06. The van der Waals surface area contributed by atoms with E-state index in [-0.39, 0.29) is 5.91 Å². The number of rotatable bonds is 2. The van der Waals surface area contributed by atoms with E-state index in [0.717, 1.165) is 12.3 Å². The first-order chi connectivity index (χ1) is 7.20. The molecule has 0 spiro atoms. The second-order valence-electron chi connectivity index (χ2n) is 3.95. The molecule has 1 unspecified atom stereocenters. The van der Waals surface area contributed by atoms with Crippen LogP contribution in [-0.2, 0) is 4.79 Å². The maximum Gasteiger partial charge on any atom is 0.223 e. The minimum atomic E-state index is 0.225. The summed E-state index contributed by atoms with van der Waals surface area (Å²) in [5.74, 6) is 1.40. The van der Waals surface area contributed by atoms with E-state index in [1.807, 2.05) is 25.2 Å². The van der Waals surface area contributed by atoms with E-state index < -0.39 is 0 Å². The predicted octanol–water partition coefficient (Wildman–Crippen LogP) is 1.64. The first-order valence-corrected chi connectivity index (χ1v) is 5.08. The number of hydrogen-bond donors (Lipinski definition) is 0. The van der Waals surface area contributed by atoms with Gasteiger partial charge >= 0.3 is 0 Å². The number of likely N-dealkylation sites (N-methyl/N-ethyl adjacent to an activating group) is 1. The van der Waals surface area contributed by atoms with Crippen molar-refractivity contribution < 1.29 is 9.53 Å². The minimum absolute atomic E-state index is 0.225. The lowest BCUT2D eigenvalue weighted by Gasteiger charge is -2.11. The zero-order chi connectivity index (χ0) is 10.8. The normalized spacial score (nSPS) is 20.8. The molecule has 0 aliphatic carbocycles. The third-order valence-corrected chi connectivity index (χ3v) is 2.91. The van der Waals surface area contributed by atoms with Crippen LogP contribution < -0.4 is 4.74 Å². The highest BCUT2D eigenvalue weighted by molar-refractivity contribution is 5.79. The molecule has 1 aromatic rings. The van der Waals surface area contributed by atoms with Gasteiger partial charge in [-0.15, -0.1) is 0 Å². The number of nitrogens with zero attached hydrogens (tertiary/aromatic N) is 1. The fourth-order valence-electron chi connectivity index (χ4n) is 1.98. The SMILES string of the molecule is COc1cccc(C2CC(=O)N(C)C2)c1. The molecule has 3 nitrogen and oxygen atoms in total. The molecule has 1 saturated heterocycles. The number of hydrogen-bond acceptors (Lipinski definition) is 2. The quantitative estimate of drug-likeness (QED) is 0.734. The number of likely N-dealkylation sites (tertiary alicyclic amines) is 1. The monoisotopic (exact) mass is 205 g/mol. The lowest BCUT2D eigenvalue weighted by molar-refractivity contribution is -0.126.